The van der Waals surface area contributed by atoms with Crippen LogP contribution in [0.2, 0.25) is 5.02 Å². The molecule has 0 spiro atoms. The van der Waals surface area contributed by atoms with Crippen LogP contribution in [-0.2, 0) is 6.42 Å². The number of aryl methyl sites for hydroxylation is 1. The van der Waals surface area contributed by atoms with Gasteiger partial charge in [0.1, 0.15) is 5.82 Å². The number of halogens is 3. The standard InChI is InChI=1S/C10H12BrClFN/c11-8-5-7(3-1-2-4-14)9(12)6-10(8)13/h5-6H,1-4,14H2. The van der Waals surface area contributed by atoms with E-state index in [9.17, 15) is 4.39 Å². The quantitative estimate of drug-likeness (QED) is 0.663. The summed E-state index contributed by atoms with van der Waals surface area (Å²) in [4.78, 5) is 0. The van der Waals surface area contributed by atoms with E-state index in [-0.39, 0.29) is 5.82 Å². The summed E-state index contributed by atoms with van der Waals surface area (Å²) in [5.74, 6) is -0.322. The van der Waals surface area contributed by atoms with Gasteiger partial charge in [0.25, 0.3) is 0 Å². The second kappa shape index (κ2) is 5.69. The van der Waals surface area contributed by atoms with Crippen molar-refractivity contribution < 1.29 is 4.39 Å². The Morgan fingerprint density at radius 3 is 2.71 bits per heavy atom. The molecule has 1 aromatic rings. The maximum atomic E-state index is 13.0. The molecule has 0 heterocycles. The van der Waals surface area contributed by atoms with E-state index in [1.807, 2.05) is 0 Å². The molecular formula is C10H12BrClFN. The Bertz CT molecular complexity index is 317. The van der Waals surface area contributed by atoms with E-state index in [0.29, 0.717) is 16.0 Å². The predicted molar refractivity (Wildman–Crippen MR) is 61.1 cm³/mol. The van der Waals surface area contributed by atoms with Gasteiger partial charge in [-0.25, -0.2) is 4.39 Å². The van der Waals surface area contributed by atoms with Gasteiger partial charge in [-0.15, -0.1) is 0 Å². The Morgan fingerprint density at radius 2 is 2.07 bits per heavy atom. The van der Waals surface area contributed by atoms with Crippen LogP contribution in [0.4, 0.5) is 4.39 Å². The molecule has 0 bridgehead atoms. The molecule has 1 nitrogen and oxygen atoms in total. The predicted octanol–water partition coefficient (Wildman–Crippen LogP) is 3.52. The molecule has 4 heteroatoms. The highest BCUT2D eigenvalue weighted by Crippen LogP contribution is 2.25. The lowest BCUT2D eigenvalue weighted by atomic mass is 10.1. The Hall–Kier alpha value is -0.120. The Morgan fingerprint density at radius 1 is 1.36 bits per heavy atom. The third kappa shape index (κ3) is 3.23. The summed E-state index contributed by atoms with van der Waals surface area (Å²) < 4.78 is 13.5. The van der Waals surface area contributed by atoms with Gasteiger partial charge in [-0.2, -0.15) is 0 Å². The molecule has 0 aliphatic carbocycles. The van der Waals surface area contributed by atoms with Gasteiger partial charge >= 0.3 is 0 Å². The van der Waals surface area contributed by atoms with Crippen molar-refractivity contribution >= 4 is 27.5 Å². The van der Waals surface area contributed by atoms with Crippen molar-refractivity contribution in [3.05, 3.63) is 33.0 Å². The van der Waals surface area contributed by atoms with Crippen molar-refractivity contribution in [1.29, 1.82) is 0 Å². The summed E-state index contributed by atoms with van der Waals surface area (Å²) in [5.41, 5.74) is 6.35. The summed E-state index contributed by atoms with van der Waals surface area (Å²) in [6.45, 7) is 0.681. The Balaban J connectivity index is 2.72. The van der Waals surface area contributed by atoms with Crippen molar-refractivity contribution in [2.45, 2.75) is 19.3 Å². The summed E-state index contributed by atoms with van der Waals surface area (Å²) in [5, 5.41) is 0.489. The van der Waals surface area contributed by atoms with Gasteiger partial charge in [-0.3, -0.25) is 0 Å². The number of hydrogen-bond acceptors (Lipinski definition) is 1. The average molecular weight is 281 g/mol. The molecule has 0 radical (unpaired) electrons. The molecule has 0 unspecified atom stereocenters. The lowest BCUT2D eigenvalue weighted by molar-refractivity contribution is 0.619. The first-order valence-corrected chi connectivity index (χ1v) is 5.65. The lowest BCUT2D eigenvalue weighted by Gasteiger charge is -2.05. The van der Waals surface area contributed by atoms with Crippen LogP contribution in [0.5, 0.6) is 0 Å². The van der Waals surface area contributed by atoms with Gasteiger partial charge in [-0.1, -0.05) is 11.6 Å². The fraction of sp³-hybridized carbons (Fsp3) is 0.400. The normalized spacial score (nSPS) is 10.6. The number of rotatable bonds is 4. The minimum absolute atomic E-state index is 0.322. The fourth-order valence-electron chi connectivity index (χ4n) is 1.22. The zero-order valence-corrected chi connectivity index (χ0v) is 10.0. The van der Waals surface area contributed by atoms with Crippen LogP contribution < -0.4 is 5.73 Å². The van der Waals surface area contributed by atoms with Gasteiger partial charge in [0.05, 0.1) is 4.47 Å². The van der Waals surface area contributed by atoms with E-state index in [4.69, 9.17) is 17.3 Å². The van der Waals surface area contributed by atoms with E-state index in [0.717, 1.165) is 24.8 Å². The maximum absolute atomic E-state index is 13.0. The SMILES string of the molecule is NCCCCc1cc(Br)c(F)cc1Cl. The minimum atomic E-state index is -0.322. The first-order chi connectivity index (χ1) is 6.65. The summed E-state index contributed by atoms with van der Waals surface area (Å²) >= 11 is 9.02. The smallest absolute Gasteiger partial charge is 0.138 e. The van der Waals surface area contributed by atoms with Crippen LogP contribution in [0.15, 0.2) is 16.6 Å². The van der Waals surface area contributed by atoms with E-state index in [1.165, 1.54) is 6.07 Å². The summed E-state index contributed by atoms with van der Waals surface area (Å²) in [6.07, 6.45) is 2.79. The van der Waals surface area contributed by atoms with Crippen LogP contribution >= 0.6 is 27.5 Å². The van der Waals surface area contributed by atoms with Crippen molar-refractivity contribution in [1.82, 2.24) is 0 Å². The van der Waals surface area contributed by atoms with Gasteiger partial charge in [0.2, 0.25) is 0 Å². The highest BCUT2D eigenvalue weighted by molar-refractivity contribution is 9.10. The zero-order chi connectivity index (χ0) is 10.6. The van der Waals surface area contributed by atoms with E-state index >= 15 is 0 Å². The molecule has 78 valence electrons. The van der Waals surface area contributed by atoms with Gasteiger partial charge in [-0.05, 0) is 59.4 Å². The number of benzene rings is 1. The van der Waals surface area contributed by atoms with Gasteiger partial charge in [0, 0.05) is 5.02 Å². The lowest BCUT2D eigenvalue weighted by Crippen LogP contribution is -1.99. The fourth-order valence-corrected chi connectivity index (χ4v) is 1.85. The van der Waals surface area contributed by atoms with Crippen molar-refractivity contribution in [3.63, 3.8) is 0 Å². The van der Waals surface area contributed by atoms with Crippen molar-refractivity contribution in [2.75, 3.05) is 6.54 Å². The van der Waals surface area contributed by atoms with Crippen LogP contribution in [0.3, 0.4) is 0 Å². The van der Waals surface area contributed by atoms with Crippen molar-refractivity contribution in [2.24, 2.45) is 5.73 Å². The molecule has 0 saturated carbocycles. The second-order valence-electron chi connectivity index (χ2n) is 3.10. The van der Waals surface area contributed by atoms with Crippen LogP contribution in [-0.4, -0.2) is 6.54 Å². The molecule has 0 amide bonds. The highest BCUT2D eigenvalue weighted by Gasteiger charge is 2.06. The molecular weight excluding hydrogens is 268 g/mol. The summed E-state index contributed by atoms with van der Waals surface area (Å²) in [6, 6.07) is 3.07. The first-order valence-electron chi connectivity index (χ1n) is 4.48. The molecule has 0 aliphatic heterocycles. The molecule has 0 fully saturated rings. The number of hydrogen-bond donors (Lipinski definition) is 1. The molecule has 0 aliphatic rings. The molecule has 1 rings (SSSR count). The topological polar surface area (TPSA) is 26.0 Å². The van der Waals surface area contributed by atoms with Crippen LogP contribution in [0.1, 0.15) is 18.4 Å². The second-order valence-corrected chi connectivity index (χ2v) is 4.37. The van der Waals surface area contributed by atoms with E-state index in [2.05, 4.69) is 15.9 Å². The largest absolute Gasteiger partial charge is 0.330 e. The van der Waals surface area contributed by atoms with Crippen LogP contribution in [0.25, 0.3) is 0 Å². The monoisotopic (exact) mass is 279 g/mol. The number of nitrogens with two attached hydrogens (primary N) is 1. The maximum Gasteiger partial charge on any atom is 0.138 e. The van der Waals surface area contributed by atoms with Gasteiger partial charge < -0.3 is 5.73 Å². The molecule has 0 atom stereocenters. The van der Waals surface area contributed by atoms with Crippen LogP contribution in [0, 0.1) is 5.82 Å². The first kappa shape index (κ1) is 12.0. The molecule has 2 N–H and O–H groups in total. The average Bonchev–Trinajstić information content (AvgIpc) is 2.14. The molecule has 0 saturated heterocycles. The van der Waals surface area contributed by atoms with E-state index in [1.54, 1.807) is 6.07 Å². The third-order valence-electron chi connectivity index (χ3n) is 1.99. The number of unbranched alkanes of at least 4 members (excludes halogenated alkanes) is 1. The summed E-state index contributed by atoms with van der Waals surface area (Å²) in [7, 11) is 0. The Labute approximate surface area is 96.6 Å². The molecule has 0 aromatic heterocycles. The minimum Gasteiger partial charge on any atom is -0.330 e. The molecule has 1 aromatic carbocycles. The third-order valence-corrected chi connectivity index (χ3v) is 2.95. The molecule has 14 heavy (non-hydrogen) atoms. The highest BCUT2D eigenvalue weighted by atomic mass is 79.9. The van der Waals surface area contributed by atoms with E-state index < -0.39 is 0 Å². The Kier molecular flexibility index (Phi) is 4.85. The zero-order valence-electron chi connectivity index (χ0n) is 7.69. The van der Waals surface area contributed by atoms with Crippen molar-refractivity contribution in [3.8, 4) is 0 Å². The van der Waals surface area contributed by atoms with Gasteiger partial charge in [0.15, 0.2) is 0 Å².